The second kappa shape index (κ2) is 6.33. The average Bonchev–Trinajstić information content (AvgIpc) is 3.07. The van der Waals surface area contributed by atoms with Crippen molar-refractivity contribution in [3.05, 3.63) is 81.9 Å². The molecule has 0 bridgehead atoms. The minimum atomic E-state index is -0.259. The number of aryl methyl sites for hydroxylation is 2. The van der Waals surface area contributed by atoms with Crippen LogP contribution in [0.3, 0.4) is 0 Å². The van der Waals surface area contributed by atoms with Crippen LogP contribution in [0.15, 0.2) is 48.6 Å². The monoisotopic (exact) mass is 312 g/mol. The van der Waals surface area contributed by atoms with E-state index in [0.29, 0.717) is 11.1 Å². The van der Waals surface area contributed by atoms with Crippen molar-refractivity contribution >= 4 is 51.2 Å². The van der Waals surface area contributed by atoms with E-state index in [9.17, 15) is 0 Å². The SMILES string of the molecule is Cc1cccc2c1C=CC2[SiH2]C1C=Cc2c(C)cccc21.[NaH]. The zero-order valence-corrected chi connectivity index (χ0v) is 14.0. The molecule has 0 saturated heterocycles. The molecule has 2 heteroatoms. The molecular formula is C20H21NaSi. The van der Waals surface area contributed by atoms with Crippen molar-refractivity contribution < 1.29 is 0 Å². The van der Waals surface area contributed by atoms with Crippen molar-refractivity contribution in [3.8, 4) is 0 Å². The van der Waals surface area contributed by atoms with Crippen LogP contribution in [0.4, 0.5) is 0 Å². The van der Waals surface area contributed by atoms with Crippen LogP contribution in [0.1, 0.15) is 44.5 Å². The van der Waals surface area contributed by atoms with Crippen molar-refractivity contribution in [1.82, 2.24) is 0 Å². The first-order valence-corrected chi connectivity index (χ1v) is 9.43. The van der Waals surface area contributed by atoms with Crippen molar-refractivity contribution in [2.45, 2.75) is 24.9 Å². The minimum absolute atomic E-state index is 0. The van der Waals surface area contributed by atoms with E-state index in [0.717, 1.165) is 0 Å². The van der Waals surface area contributed by atoms with E-state index in [-0.39, 0.29) is 39.1 Å². The fraction of sp³-hybridized carbons (Fsp3) is 0.200. The molecule has 106 valence electrons. The van der Waals surface area contributed by atoms with E-state index < -0.39 is 0 Å². The Morgan fingerprint density at radius 2 is 1.18 bits per heavy atom. The van der Waals surface area contributed by atoms with Gasteiger partial charge in [-0.05, 0) is 58.3 Å². The molecule has 0 amide bonds. The molecule has 0 saturated carbocycles. The zero-order valence-electron chi connectivity index (χ0n) is 12.6. The molecule has 2 aliphatic carbocycles. The van der Waals surface area contributed by atoms with E-state index in [1.807, 2.05) is 0 Å². The van der Waals surface area contributed by atoms with E-state index in [1.165, 1.54) is 22.3 Å². The summed E-state index contributed by atoms with van der Waals surface area (Å²) in [5, 5.41) is 0. The summed E-state index contributed by atoms with van der Waals surface area (Å²) in [6.45, 7) is 4.45. The predicted molar refractivity (Wildman–Crippen MR) is 102 cm³/mol. The zero-order chi connectivity index (χ0) is 14.4. The molecule has 4 rings (SSSR count). The van der Waals surface area contributed by atoms with Gasteiger partial charge >= 0.3 is 29.6 Å². The Balaban J connectivity index is 0.00000144. The third kappa shape index (κ3) is 2.61. The van der Waals surface area contributed by atoms with Crippen LogP contribution in [0, 0.1) is 13.8 Å². The van der Waals surface area contributed by atoms with Crippen molar-refractivity contribution in [1.29, 1.82) is 0 Å². The molecule has 0 N–H and O–H groups in total. The molecule has 22 heavy (non-hydrogen) atoms. The maximum atomic E-state index is 2.45. The summed E-state index contributed by atoms with van der Waals surface area (Å²) in [7, 11) is -0.259. The molecule has 0 spiro atoms. The van der Waals surface area contributed by atoms with Crippen LogP contribution in [-0.2, 0) is 0 Å². The Kier molecular flexibility index (Phi) is 4.61. The van der Waals surface area contributed by atoms with E-state index in [2.05, 4.69) is 74.5 Å². The van der Waals surface area contributed by atoms with Gasteiger partial charge in [-0.3, -0.25) is 0 Å². The van der Waals surface area contributed by atoms with Gasteiger partial charge in [0.05, 0.1) is 0 Å². The Morgan fingerprint density at radius 3 is 1.64 bits per heavy atom. The van der Waals surface area contributed by atoms with Crippen LogP contribution >= 0.6 is 0 Å². The predicted octanol–water partition coefficient (Wildman–Crippen LogP) is 3.66. The van der Waals surface area contributed by atoms with Crippen molar-refractivity contribution in [3.63, 3.8) is 0 Å². The van der Waals surface area contributed by atoms with Gasteiger partial charge in [0.15, 0.2) is 0 Å². The number of benzene rings is 2. The van der Waals surface area contributed by atoms with Crippen molar-refractivity contribution in [2.75, 3.05) is 0 Å². The molecule has 2 aliphatic rings. The topological polar surface area (TPSA) is 0 Å². The fourth-order valence-corrected chi connectivity index (χ4v) is 6.18. The number of fused-ring (bicyclic) bond motifs is 2. The van der Waals surface area contributed by atoms with E-state index in [4.69, 9.17) is 0 Å². The van der Waals surface area contributed by atoms with E-state index in [1.54, 1.807) is 11.1 Å². The van der Waals surface area contributed by atoms with Gasteiger partial charge in [0.25, 0.3) is 0 Å². The summed E-state index contributed by atoms with van der Waals surface area (Å²) >= 11 is 0. The number of allylic oxidation sites excluding steroid dienone is 2. The fourth-order valence-electron chi connectivity index (χ4n) is 3.83. The Morgan fingerprint density at radius 1 is 0.727 bits per heavy atom. The van der Waals surface area contributed by atoms with Crippen LogP contribution in [0.25, 0.3) is 12.2 Å². The standard InChI is InChI=1S/C20H20Si.Na.H/c1-13-5-3-7-17-15(13)9-11-19(17)21-20-12-10-16-14(2)6-4-8-18(16)20;;/h3-12,19-20H,21H2,1-2H3;;. The second-order valence-electron chi connectivity index (χ2n) is 6.32. The summed E-state index contributed by atoms with van der Waals surface area (Å²) in [4.78, 5) is 0. The molecule has 0 fully saturated rings. The Hall–Kier alpha value is -0.863. The van der Waals surface area contributed by atoms with Crippen molar-refractivity contribution in [2.24, 2.45) is 0 Å². The summed E-state index contributed by atoms with van der Waals surface area (Å²) in [5.41, 5.74) is 10.3. The van der Waals surface area contributed by atoms with Gasteiger partial charge in [-0.15, -0.1) is 0 Å². The Bertz CT molecular complexity index is 708. The summed E-state index contributed by atoms with van der Waals surface area (Å²) in [5.74, 6) is 0. The molecule has 2 unspecified atom stereocenters. The quantitative estimate of drug-likeness (QED) is 0.743. The third-order valence-corrected chi connectivity index (χ3v) is 7.45. The average molecular weight is 312 g/mol. The molecule has 2 atom stereocenters. The number of hydrogen-bond donors (Lipinski definition) is 0. The Labute approximate surface area is 157 Å². The molecule has 0 heterocycles. The van der Waals surface area contributed by atoms with Crippen LogP contribution in [-0.4, -0.2) is 39.1 Å². The van der Waals surface area contributed by atoms with Crippen LogP contribution in [0.2, 0.25) is 0 Å². The molecule has 0 aromatic heterocycles. The van der Waals surface area contributed by atoms with Crippen LogP contribution in [0.5, 0.6) is 0 Å². The first kappa shape index (κ1) is 16.0. The second-order valence-corrected chi connectivity index (χ2v) is 8.55. The van der Waals surface area contributed by atoms with E-state index >= 15 is 0 Å². The van der Waals surface area contributed by atoms with Gasteiger partial charge in [-0.25, -0.2) is 0 Å². The number of rotatable bonds is 2. The number of hydrogen-bond acceptors (Lipinski definition) is 0. The molecule has 0 aliphatic heterocycles. The van der Waals surface area contributed by atoms with Gasteiger partial charge in [-0.2, -0.15) is 0 Å². The molecular weight excluding hydrogens is 291 g/mol. The molecule has 2 aromatic carbocycles. The third-order valence-electron chi connectivity index (χ3n) is 5.01. The van der Waals surface area contributed by atoms with Gasteiger partial charge in [0.2, 0.25) is 0 Å². The molecule has 0 radical (unpaired) electrons. The normalized spacial score (nSPS) is 21.2. The van der Waals surface area contributed by atoms with Gasteiger partial charge in [-0.1, -0.05) is 60.7 Å². The summed E-state index contributed by atoms with van der Waals surface area (Å²) < 4.78 is 0. The van der Waals surface area contributed by atoms with Gasteiger partial charge in [0.1, 0.15) is 0 Å². The summed E-state index contributed by atoms with van der Waals surface area (Å²) in [6, 6.07) is 13.5. The first-order valence-electron chi connectivity index (χ1n) is 7.79. The van der Waals surface area contributed by atoms with Gasteiger partial charge in [0, 0.05) is 9.52 Å². The van der Waals surface area contributed by atoms with Crippen LogP contribution < -0.4 is 0 Å². The molecule has 0 nitrogen and oxygen atoms in total. The molecule has 2 aromatic rings. The van der Waals surface area contributed by atoms with Gasteiger partial charge < -0.3 is 0 Å². The summed E-state index contributed by atoms with van der Waals surface area (Å²) in [6.07, 6.45) is 9.59. The maximum absolute atomic E-state index is 2.45. The first-order chi connectivity index (χ1) is 10.2.